The number of hydrogen-bond donors (Lipinski definition) is 1. The molecule has 0 spiro atoms. The summed E-state index contributed by atoms with van der Waals surface area (Å²) in [5.74, 6) is 0.0218. The van der Waals surface area contributed by atoms with Crippen LogP contribution >= 0.6 is 11.6 Å². The van der Waals surface area contributed by atoms with Crippen LogP contribution in [0.5, 0.6) is 5.75 Å². The first-order chi connectivity index (χ1) is 8.57. The van der Waals surface area contributed by atoms with E-state index in [1.54, 1.807) is 24.3 Å². The largest absolute Gasteiger partial charge is 0.426 e. The lowest BCUT2D eigenvalue weighted by Crippen LogP contribution is -2.35. The third-order valence-corrected chi connectivity index (χ3v) is 3.52. The minimum Gasteiger partial charge on any atom is -0.426 e. The Labute approximate surface area is 112 Å². The van der Waals surface area contributed by atoms with Gasteiger partial charge in [-0.25, -0.2) is 0 Å². The third-order valence-electron chi connectivity index (χ3n) is 3.29. The molecule has 18 heavy (non-hydrogen) atoms. The number of aliphatic hydroxyl groups is 1. The van der Waals surface area contributed by atoms with Crippen molar-refractivity contribution in [1.82, 2.24) is 0 Å². The van der Waals surface area contributed by atoms with Crippen molar-refractivity contribution >= 4 is 17.6 Å². The van der Waals surface area contributed by atoms with Gasteiger partial charge in [0.05, 0.1) is 12.0 Å². The molecule has 0 aromatic heterocycles. The van der Waals surface area contributed by atoms with Gasteiger partial charge < -0.3 is 9.84 Å². The van der Waals surface area contributed by atoms with E-state index in [2.05, 4.69) is 0 Å². The number of ether oxygens (including phenoxy) is 1. The minimum atomic E-state index is -0.881. The second-order valence-corrected chi connectivity index (χ2v) is 5.33. The second-order valence-electron chi connectivity index (χ2n) is 4.89. The highest BCUT2D eigenvalue weighted by atomic mass is 35.5. The molecule has 0 heterocycles. The van der Waals surface area contributed by atoms with Crippen LogP contribution in [0.25, 0.3) is 0 Å². The van der Waals surface area contributed by atoms with E-state index >= 15 is 0 Å². The van der Waals surface area contributed by atoms with Gasteiger partial charge in [0.15, 0.2) is 0 Å². The van der Waals surface area contributed by atoms with Crippen molar-refractivity contribution in [1.29, 1.82) is 0 Å². The van der Waals surface area contributed by atoms with Crippen LogP contribution in [0.3, 0.4) is 0 Å². The fraction of sp³-hybridized carbons (Fsp3) is 0.500. The third kappa shape index (κ3) is 3.72. The molecule has 4 heteroatoms. The van der Waals surface area contributed by atoms with E-state index in [9.17, 15) is 9.90 Å². The zero-order chi connectivity index (χ0) is 13.0. The van der Waals surface area contributed by atoms with Crippen LogP contribution in [0.15, 0.2) is 24.3 Å². The van der Waals surface area contributed by atoms with Gasteiger partial charge in [-0.2, -0.15) is 0 Å². The molecule has 1 aromatic rings. The minimum absolute atomic E-state index is 0.0551. The number of halogens is 1. The molecular formula is C14H17ClO3. The Kier molecular flexibility index (Phi) is 4.25. The van der Waals surface area contributed by atoms with Gasteiger partial charge in [-0.1, -0.05) is 36.9 Å². The summed E-state index contributed by atoms with van der Waals surface area (Å²) in [7, 11) is 0. The molecule has 1 aromatic carbocycles. The Balaban J connectivity index is 1.92. The van der Waals surface area contributed by atoms with Gasteiger partial charge in [0, 0.05) is 5.02 Å². The van der Waals surface area contributed by atoms with Gasteiger partial charge in [-0.05, 0) is 31.0 Å². The highest BCUT2D eigenvalue weighted by Crippen LogP contribution is 2.31. The molecule has 1 N–H and O–H groups in total. The molecule has 1 aliphatic carbocycles. The van der Waals surface area contributed by atoms with E-state index in [0.29, 0.717) is 23.6 Å². The van der Waals surface area contributed by atoms with E-state index in [4.69, 9.17) is 16.3 Å². The van der Waals surface area contributed by atoms with Crippen molar-refractivity contribution in [2.75, 3.05) is 0 Å². The number of hydrogen-bond acceptors (Lipinski definition) is 3. The van der Waals surface area contributed by atoms with Gasteiger partial charge in [-0.3, -0.25) is 4.79 Å². The monoisotopic (exact) mass is 268 g/mol. The molecule has 1 saturated carbocycles. The SMILES string of the molecule is O=C(CC1(O)CCCCC1)Oc1cccc(Cl)c1. The normalized spacial score (nSPS) is 18.3. The molecule has 3 nitrogen and oxygen atoms in total. The van der Waals surface area contributed by atoms with E-state index in [-0.39, 0.29) is 6.42 Å². The summed E-state index contributed by atoms with van der Waals surface area (Å²) >= 11 is 5.81. The van der Waals surface area contributed by atoms with Crippen molar-refractivity contribution in [3.8, 4) is 5.75 Å². The predicted molar refractivity (Wildman–Crippen MR) is 69.7 cm³/mol. The summed E-state index contributed by atoms with van der Waals surface area (Å²) in [6.45, 7) is 0. The van der Waals surface area contributed by atoms with Crippen molar-refractivity contribution in [3.63, 3.8) is 0 Å². The molecule has 2 rings (SSSR count). The summed E-state index contributed by atoms with van der Waals surface area (Å²) in [6, 6.07) is 6.70. The first kappa shape index (κ1) is 13.4. The molecule has 98 valence electrons. The predicted octanol–water partition coefficient (Wildman–Crippen LogP) is 3.33. The van der Waals surface area contributed by atoms with Crippen LogP contribution in [-0.2, 0) is 4.79 Å². The van der Waals surface area contributed by atoms with Crippen molar-refractivity contribution < 1.29 is 14.6 Å². The molecule has 0 radical (unpaired) electrons. The maximum atomic E-state index is 11.8. The zero-order valence-corrected chi connectivity index (χ0v) is 10.9. The molecule has 0 atom stereocenters. The fourth-order valence-electron chi connectivity index (χ4n) is 2.35. The van der Waals surface area contributed by atoms with Crippen molar-refractivity contribution in [2.45, 2.75) is 44.1 Å². The summed E-state index contributed by atoms with van der Waals surface area (Å²) < 4.78 is 5.18. The quantitative estimate of drug-likeness (QED) is 0.676. The first-order valence-corrected chi connectivity index (χ1v) is 6.64. The maximum Gasteiger partial charge on any atom is 0.314 e. The molecule has 0 saturated heterocycles. The Morgan fingerprint density at radius 3 is 2.72 bits per heavy atom. The topological polar surface area (TPSA) is 46.5 Å². The van der Waals surface area contributed by atoms with E-state index in [1.165, 1.54) is 0 Å². The average molecular weight is 269 g/mol. The van der Waals surface area contributed by atoms with Gasteiger partial charge in [0.2, 0.25) is 0 Å². The Bertz CT molecular complexity index is 425. The van der Waals surface area contributed by atoms with Gasteiger partial charge in [0.25, 0.3) is 0 Å². The lowest BCUT2D eigenvalue weighted by Gasteiger charge is -2.30. The molecule has 0 aliphatic heterocycles. The molecule has 0 amide bonds. The van der Waals surface area contributed by atoms with E-state index in [1.807, 2.05) is 0 Å². The highest BCUT2D eigenvalue weighted by Gasteiger charge is 2.32. The summed E-state index contributed by atoms with van der Waals surface area (Å²) in [6.07, 6.45) is 4.49. The number of esters is 1. The standard InChI is InChI=1S/C14H17ClO3/c15-11-5-4-6-12(9-11)18-13(16)10-14(17)7-2-1-3-8-14/h4-6,9,17H,1-3,7-8,10H2. The van der Waals surface area contributed by atoms with Crippen LogP contribution < -0.4 is 4.74 Å². The lowest BCUT2D eigenvalue weighted by molar-refractivity contribution is -0.141. The molecule has 0 unspecified atom stereocenters. The number of rotatable bonds is 3. The van der Waals surface area contributed by atoms with Crippen LogP contribution in [-0.4, -0.2) is 16.7 Å². The van der Waals surface area contributed by atoms with Gasteiger partial charge in [-0.15, -0.1) is 0 Å². The van der Waals surface area contributed by atoms with Crippen molar-refractivity contribution in [3.05, 3.63) is 29.3 Å². The summed E-state index contributed by atoms with van der Waals surface area (Å²) in [4.78, 5) is 11.8. The smallest absolute Gasteiger partial charge is 0.314 e. The lowest BCUT2D eigenvalue weighted by atomic mass is 9.82. The van der Waals surface area contributed by atoms with Crippen LogP contribution in [0.4, 0.5) is 0 Å². The summed E-state index contributed by atoms with van der Waals surface area (Å²) in [5, 5.41) is 10.8. The number of carbonyl (C=O) groups is 1. The number of carbonyl (C=O) groups excluding carboxylic acids is 1. The van der Waals surface area contributed by atoms with Crippen LogP contribution in [0, 0.1) is 0 Å². The molecular weight excluding hydrogens is 252 g/mol. The number of benzene rings is 1. The van der Waals surface area contributed by atoms with E-state index < -0.39 is 11.6 Å². The Morgan fingerprint density at radius 2 is 2.06 bits per heavy atom. The molecule has 1 aliphatic rings. The van der Waals surface area contributed by atoms with Crippen LogP contribution in [0.2, 0.25) is 5.02 Å². The molecule has 0 bridgehead atoms. The second kappa shape index (κ2) is 5.72. The maximum absolute atomic E-state index is 11.8. The summed E-state index contributed by atoms with van der Waals surface area (Å²) in [5.41, 5.74) is -0.881. The first-order valence-electron chi connectivity index (χ1n) is 6.26. The Morgan fingerprint density at radius 1 is 1.33 bits per heavy atom. The van der Waals surface area contributed by atoms with Gasteiger partial charge >= 0.3 is 5.97 Å². The Hall–Kier alpha value is -1.06. The van der Waals surface area contributed by atoms with Crippen LogP contribution in [0.1, 0.15) is 38.5 Å². The average Bonchev–Trinajstić information content (AvgIpc) is 2.28. The van der Waals surface area contributed by atoms with E-state index in [0.717, 1.165) is 19.3 Å². The molecule has 1 fully saturated rings. The van der Waals surface area contributed by atoms with Crippen molar-refractivity contribution in [2.24, 2.45) is 0 Å². The zero-order valence-electron chi connectivity index (χ0n) is 10.2. The highest BCUT2D eigenvalue weighted by molar-refractivity contribution is 6.30. The fourth-order valence-corrected chi connectivity index (χ4v) is 2.53. The van der Waals surface area contributed by atoms with Gasteiger partial charge in [0.1, 0.15) is 5.75 Å².